The SMILES string of the molecule is Nc1cccnc1O[C@@H]1CCN(C(=O)C2CCOCC2)C1. The van der Waals surface area contributed by atoms with Gasteiger partial charge >= 0.3 is 0 Å². The molecule has 0 unspecified atom stereocenters. The van der Waals surface area contributed by atoms with E-state index in [-0.39, 0.29) is 17.9 Å². The van der Waals surface area contributed by atoms with Crippen LogP contribution in [0.15, 0.2) is 18.3 Å². The van der Waals surface area contributed by atoms with Crippen LogP contribution in [0.5, 0.6) is 5.88 Å². The maximum absolute atomic E-state index is 12.4. The summed E-state index contributed by atoms with van der Waals surface area (Å²) in [5.41, 5.74) is 6.36. The van der Waals surface area contributed by atoms with Crippen molar-refractivity contribution < 1.29 is 14.3 Å². The first-order valence-electron chi connectivity index (χ1n) is 7.47. The lowest BCUT2D eigenvalue weighted by molar-refractivity contribution is -0.137. The summed E-state index contributed by atoms with van der Waals surface area (Å²) in [6.45, 7) is 2.74. The highest BCUT2D eigenvalue weighted by molar-refractivity contribution is 5.79. The predicted octanol–water partition coefficient (Wildman–Crippen LogP) is 1.07. The Morgan fingerprint density at radius 1 is 1.38 bits per heavy atom. The van der Waals surface area contributed by atoms with E-state index in [2.05, 4.69) is 4.98 Å². The Balaban J connectivity index is 1.55. The lowest BCUT2D eigenvalue weighted by Gasteiger charge is -2.26. The van der Waals surface area contributed by atoms with Crippen LogP contribution in [0.3, 0.4) is 0 Å². The molecule has 2 saturated heterocycles. The Hall–Kier alpha value is -1.82. The third-order valence-electron chi connectivity index (χ3n) is 4.11. The molecule has 1 atom stereocenters. The minimum Gasteiger partial charge on any atom is -0.471 e. The van der Waals surface area contributed by atoms with Crippen LogP contribution in [-0.4, -0.2) is 48.2 Å². The summed E-state index contributed by atoms with van der Waals surface area (Å²) in [5.74, 6) is 0.804. The van der Waals surface area contributed by atoms with E-state index >= 15 is 0 Å². The smallest absolute Gasteiger partial charge is 0.237 e. The van der Waals surface area contributed by atoms with Gasteiger partial charge in [-0.15, -0.1) is 0 Å². The van der Waals surface area contributed by atoms with E-state index in [1.807, 2.05) is 4.90 Å². The van der Waals surface area contributed by atoms with Crippen LogP contribution in [0.4, 0.5) is 5.69 Å². The van der Waals surface area contributed by atoms with E-state index in [0.717, 1.165) is 25.8 Å². The second kappa shape index (κ2) is 6.30. The number of nitrogens with two attached hydrogens (primary N) is 1. The van der Waals surface area contributed by atoms with Gasteiger partial charge in [-0.25, -0.2) is 4.98 Å². The zero-order valence-corrected chi connectivity index (χ0v) is 12.0. The Morgan fingerprint density at radius 3 is 2.95 bits per heavy atom. The van der Waals surface area contributed by atoms with Gasteiger partial charge in [-0.05, 0) is 25.0 Å². The van der Waals surface area contributed by atoms with Gasteiger partial charge in [-0.2, -0.15) is 0 Å². The maximum Gasteiger partial charge on any atom is 0.237 e. The predicted molar refractivity (Wildman–Crippen MR) is 77.8 cm³/mol. The van der Waals surface area contributed by atoms with Gasteiger partial charge in [0.05, 0.1) is 12.2 Å². The molecule has 2 aliphatic heterocycles. The van der Waals surface area contributed by atoms with Crippen molar-refractivity contribution in [3.8, 4) is 5.88 Å². The summed E-state index contributed by atoms with van der Waals surface area (Å²) in [7, 11) is 0. The number of pyridine rings is 1. The molecule has 1 aromatic rings. The van der Waals surface area contributed by atoms with Gasteiger partial charge in [-0.3, -0.25) is 4.79 Å². The summed E-state index contributed by atoms with van der Waals surface area (Å²) in [6, 6.07) is 3.54. The zero-order valence-electron chi connectivity index (χ0n) is 12.0. The quantitative estimate of drug-likeness (QED) is 0.901. The molecule has 3 rings (SSSR count). The molecule has 114 valence electrons. The molecule has 6 nitrogen and oxygen atoms in total. The second-order valence-corrected chi connectivity index (χ2v) is 5.60. The maximum atomic E-state index is 12.4. The van der Waals surface area contributed by atoms with E-state index in [4.69, 9.17) is 15.2 Å². The number of amides is 1. The molecular weight excluding hydrogens is 270 g/mol. The molecule has 0 radical (unpaired) electrons. The van der Waals surface area contributed by atoms with Crippen LogP contribution in [-0.2, 0) is 9.53 Å². The van der Waals surface area contributed by atoms with Crippen LogP contribution in [0, 0.1) is 5.92 Å². The molecule has 1 amide bonds. The fourth-order valence-corrected chi connectivity index (χ4v) is 2.89. The first-order valence-corrected chi connectivity index (χ1v) is 7.47. The third kappa shape index (κ3) is 3.26. The number of nitrogen functional groups attached to an aromatic ring is 1. The molecule has 2 fully saturated rings. The molecule has 3 heterocycles. The van der Waals surface area contributed by atoms with E-state index in [1.165, 1.54) is 0 Å². The Morgan fingerprint density at radius 2 is 2.19 bits per heavy atom. The number of carbonyl (C=O) groups is 1. The number of aromatic nitrogens is 1. The fourth-order valence-electron chi connectivity index (χ4n) is 2.89. The number of hydrogen-bond donors (Lipinski definition) is 1. The van der Waals surface area contributed by atoms with Crippen molar-refractivity contribution in [2.45, 2.75) is 25.4 Å². The van der Waals surface area contributed by atoms with Crippen molar-refractivity contribution >= 4 is 11.6 Å². The summed E-state index contributed by atoms with van der Waals surface area (Å²) in [4.78, 5) is 18.5. The summed E-state index contributed by atoms with van der Waals surface area (Å²) in [6.07, 6.45) is 4.12. The molecule has 0 spiro atoms. The number of hydrogen-bond acceptors (Lipinski definition) is 5. The van der Waals surface area contributed by atoms with E-state index in [9.17, 15) is 4.79 Å². The number of carbonyl (C=O) groups excluding carboxylic acids is 1. The summed E-state index contributed by atoms with van der Waals surface area (Å²) in [5, 5.41) is 0. The van der Waals surface area contributed by atoms with Crippen molar-refractivity contribution in [1.82, 2.24) is 9.88 Å². The normalized spacial score (nSPS) is 23.2. The highest BCUT2D eigenvalue weighted by Crippen LogP contribution is 2.24. The van der Waals surface area contributed by atoms with E-state index in [0.29, 0.717) is 31.3 Å². The van der Waals surface area contributed by atoms with Gasteiger partial charge in [-0.1, -0.05) is 0 Å². The first kappa shape index (κ1) is 14.1. The Labute approximate surface area is 124 Å². The number of nitrogens with zero attached hydrogens (tertiary/aromatic N) is 2. The van der Waals surface area contributed by atoms with Crippen LogP contribution in [0.25, 0.3) is 0 Å². The van der Waals surface area contributed by atoms with Crippen LogP contribution in [0.1, 0.15) is 19.3 Å². The van der Waals surface area contributed by atoms with Gasteiger partial charge < -0.3 is 20.1 Å². The second-order valence-electron chi connectivity index (χ2n) is 5.60. The lowest BCUT2D eigenvalue weighted by atomic mass is 9.99. The average molecular weight is 291 g/mol. The molecular formula is C15H21N3O3. The first-order chi connectivity index (χ1) is 10.2. The molecule has 0 aromatic carbocycles. The number of rotatable bonds is 3. The topological polar surface area (TPSA) is 77.7 Å². The number of likely N-dealkylation sites (tertiary alicyclic amines) is 1. The molecule has 2 aliphatic rings. The molecule has 2 N–H and O–H groups in total. The van der Waals surface area contributed by atoms with Crippen LogP contribution in [0.2, 0.25) is 0 Å². The van der Waals surface area contributed by atoms with Gasteiger partial charge in [0.1, 0.15) is 6.10 Å². The van der Waals surface area contributed by atoms with Crippen molar-refractivity contribution in [3.63, 3.8) is 0 Å². The number of ether oxygens (including phenoxy) is 2. The van der Waals surface area contributed by atoms with Crippen molar-refractivity contribution in [2.75, 3.05) is 32.0 Å². The monoisotopic (exact) mass is 291 g/mol. The minimum atomic E-state index is -0.0222. The van der Waals surface area contributed by atoms with Gasteiger partial charge in [0.15, 0.2) is 0 Å². The van der Waals surface area contributed by atoms with Gasteiger partial charge in [0.2, 0.25) is 11.8 Å². The van der Waals surface area contributed by atoms with E-state index < -0.39 is 0 Å². The molecule has 1 aromatic heterocycles. The average Bonchev–Trinajstić information content (AvgIpc) is 2.98. The van der Waals surface area contributed by atoms with Crippen molar-refractivity contribution in [3.05, 3.63) is 18.3 Å². The molecule has 0 saturated carbocycles. The molecule has 0 aliphatic carbocycles. The van der Waals surface area contributed by atoms with Crippen LogP contribution < -0.4 is 10.5 Å². The standard InChI is InChI=1S/C15H21N3O3/c16-13-2-1-6-17-14(13)21-12-3-7-18(10-12)15(19)11-4-8-20-9-5-11/h1-2,6,11-12H,3-5,7-10,16H2/t12-/m1/s1. The van der Waals surface area contributed by atoms with E-state index in [1.54, 1.807) is 18.3 Å². The van der Waals surface area contributed by atoms with Gasteiger partial charge in [0.25, 0.3) is 0 Å². The van der Waals surface area contributed by atoms with Crippen molar-refractivity contribution in [1.29, 1.82) is 0 Å². The molecule has 21 heavy (non-hydrogen) atoms. The fraction of sp³-hybridized carbons (Fsp3) is 0.600. The third-order valence-corrected chi connectivity index (χ3v) is 4.11. The minimum absolute atomic E-state index is 0.0222. The molecule has 0 bridgehead atoms. The molecule has 6 heteroatoms. The van der Waals surface area contributed by atoms with Crippen molar-refractivity contribution in [2.24, 2.45) is 5.92 Å². The number of anilines is 1. The largest absolute Gasteiger partial charge is 0.471 e. The summed E-state index contributed by atoms with van der Waals surface area (Å²) >= 11 is 0. The van der Waals surface area contributed by atoms with Gasteiger partial charge in [0, 0.05) is 38.3 Å². The highest BCUT2D eigenvalue weighted by atomic mass is 16.5. The zero-order chi connectivity index (χ0) is 14.7. The summed E-state index contributed by atoms with van der Waals surface area (Å²) < 4.78 is 11.1. The lowest BCUT2D eigenvalue weighted by Crippen LogP contribution is -2.38. The Kier molecular flexibility index (Phi) is 4.24. The Bertz CT molecular complexity index is 503. The highest BCUT2D eigenvalue weighted by Gasteiger charge is 2.32. The van der Waals surface area contributed by atoms with Crippen LogP contribution >= 0.6 is 0 Å².